The minimum atomic E-state index is -0.561. The molecule has 0 aliphatic heterocycles. The zero-order valence-electron chi connectivity index (χ0n) is 15.2. The van der Waals surface area contributed by atoms with Crippen molar-refractivity contribution in [2.45, 2.75) is 39.8 Å². The number of esters is 2. The molecule has 0 radical (unpaired) electrons. The van der Waals surface area contributed by atoms with E-state index in [9.17, 15) is 14.4 Å². The fraction of sp³-hybridized carbons (Fsp3) is 0.529. The molecule has 8 nitrogen and oxygen atoms in total. The molecule has 0 N–H and O–H groups in total. The van der Waals surface area contributed by atoms with E-state index in [4.69, 9.17) is 14.2 Å². The van der Waals surface area contributed by atoms with Crippen molar-refractivity contribution in [3.8, 4) is 0 Å². The van der Waals surface area contributed by atoms with Crippen LogP contribution in [0.5, 0.6) is 0 Å². The van der Waals surface area contributed by atoms with E-state index < -0.39 is 17.5 Å². The molecule has 0 aromatic carbocycles. The van der Waals surface area contributed by atoms with Crippen LogP contribution in [-0.4, -0.2) is 47.9 Å². The van der Waals surface area contributed by atoms with Crippen LogP contribution in [0.25, 0.3) is 10.2 Å². The third-order valence-corrected chi connectivity index (χ3v) is 5.02. The lowest BCUT2D eigenvalue weighted by atomic mass is 10.2. The van der Waals surface area contributed by atoms with Crippen LogP contribution in [0.4, 0.5) is 0 Å². The van der Waals surface area contributed by atoms with Crippen molar-refractivity contribution >= 4 is 33.5 Å². The van der Waals surface area contributed by atoms with E-state index in [1.165, 1.54) is 18.0 Å². The van der Waals surface area contributed by atoms with Gasteiger partial charge in [-0.05, 0) is 25.8 Å². The summed E-state index contributed by atoms with van der Waals surface area (Å²) in [7, 11) is 1.50. The Balaban J connectivity index is 2.28. The monoisotopic (exact) mass is 382 g/mol. The van der Waals surface area contributed by atoms with Crippen molar-refractivity contribution in [2.75, 3.05) is 20.3 Å². The summed E-state index contributed by atoms with van der Waals surface area (Å²) in [6, 6.07) is 0. The summed E-state index contributed by atoms with van der Waals surface area (Å²) in [5.41, 5.74) is 0.118. The summed E-state index contributed by atoms with van der Waals surface area (Å²) in [5.74, 6) is -1.03. The highest BCUT2D eigenvalue weighted by molar-refractivity contribution is 7.20. The van der Waals surface area contributed by atoms with Gasteiger partial charge in [0.2, 0.25) is 0 Å². The molecule has 0 fully saturated rings. The van der Waals surface area contributed by atoms with Crippen molar-refractivity contribution in [1.29, 1.82) is 0 Å². The van der Waals surface area contributed by atoms with E-state index in [0.717, 1.165) is 11.3 Å². The third-order valence-electron chi connectivity index (χ3n) is 3.84. The molecule has 0 saturated carbocycles. The van der Waals surface area contributed by atoms with Gasteiger partial charge >= 0.3 is 11.9 Å². The van der Waals surface area contributed by atoms with Crippen molar-refractivity contribution < 1.29 is 23.8 Å². The number of nitrogens with zero attached hydrogens (tertiary/aromatic N) is 2. The summed E-state index contributed by atoms with van der Waals surface area (Å²) in [5, 5.41) is 0.318. The van der Waals surface area contributed by atoms with Gasteiger partial charge in [0, 0.05) is 7.11 Å². The normalized spacial score (nSPS) is 12.2. The molecule has 2 aromatic rings. The first-order chi connectivity index (χ1) is 12.4. The Morgan fingerprint density at radius 3 is 2.73 bits per heavy atom. The predicted molar refractivity (Wildman–Crippen MR) is 96.6 cm³/mol. The minimum Gasteiger partial charge on any atom is -0.462 e. The fourth-order valence-electron chi connectivity index (χ4n) is 2.21. The van der Waals surface area contributed by atoms with Crippen LogP contribution in [0, 0.1) is 6.92 Å². The van der Waals surface area contributed by atoms with Crippen LogP contribution in [-0.2, 0) is 25.5 Å². The largest absolute Gasteiger partial charge is 0.462 e. The molecular weight excluding hydrogens is 360 g/mol. The molecule has 9 heteroatoms. The fourth-order valence-corrected chi connectivity index (χ4v) is 3.23. The summed E-state index contributed by atoms with van der Waals surface area (Å²) in [6.45, 7) is 5.54. The highest BCUT2D eigenvalue weighted by Gasteiger charge is 2.22. The van der Waals surface area contributed by atoms with Crippen molar-refractivity contribution in [3.63, 3.8) is 0 Å². The second-order valence-electron chi connectivity index (χ2n) is 5.75. The van der Waals surface area contributed by atoms with Crippen LogP contribution in [0.15, 0.2) is 11.1 Å². The first-order valence-corrected chi connectivity index (χ1v) is 9.04. The molecule has 2 heterocycles. The van der Waals surface area contributed by atoms with Gasteiger partial charge < -0.3 is 14.2 Å². The van der Waals surface area contributed by atoms with E-state index in [1.807, 2.05) is 6.92 Å². The first kappa shape index (κ1) is 20.1. The number of aromatic nitrogens is 2. The molecule has 0 aliphatic carbocycles. The van der Waals surface area contributed by atoms with Crippen LogP contribution >= 0.6 is 11.3 Å². The summed E-state index contributed by atoms with van der Waals surface area (Å²) in [4.78, 5) is 41.7. The lowest BCUT2D eigenvalue weighted by molar-refractivity contribution is -0.145. The number of carbonyl (C=O) groups is 2. The Hall–Kier alpha value is -2.26. The number of carbonyl (C=O) groups excluding carboxylic acids is 2. The van der Waals surface area contributed by atoms with Crippen LogP contribution in [0.1, 0.15) is 35.5 Å². The molecule has 142 valence electrons. The van der Waals surface area contributed by atoms with Crippen LogP contribution in [0.2, 0.25) is 0 Å². The first-order valence-electron chi connectivity index (χ1n) is 8.23. The zero-order valence-corrected chi connectivity index (χ0v) is 16.1. The topological polar surface area (TPSA) is 96.7 Å². The van der Waals surface area contributed by atoms with Gasteiger partial charge in [0.15, 0.2) is 0 Å². The van der Waals surface area contributed by atoms with E-state index in [0.29, 0.717) is 27.1 Å². The average molecular weight is 382 g/mol. The molecule has 0 aliphatic rings. The number of fused-ring (bicyclic) bond motifs is 1. The van der Waals surface area contributed by atoms with Crippen molar-refractivity contribution in [3.05, 3.63) is 27.1 Å². The van der Waals surface area contributed by atoms with Gasteiger partial charge in [-0.2, -0.15) is 0 Å². The molecule has 1 unspecified atom stereocenters. The highest BCUT2D eigenvalue weighted by atomic mass is 32.1. The quantitative estimate of drug-likeness (QED) is 0.508. The molecule has 0 saturated heterocycles. The van der Waals surface area contributed by atoms with Crippen LogP contribution in [0.3, 0.4) is 0 Å². The Morgan fingerprint density at radius 1 is 1.35 bits per heavy atom. The average Bonchev–Trinajstić information content (AvgIpc) is 2.95. The Kier molecular flexibility index (Phi) is 6.87. The number of hydrogen-bond acceptors (Lipinski definition) is 8. The molecule has 1 atom stereocenters. The maximum Gasteiger partial charge on any atom is 0.348 e. The van der Waals surface area contributed by atoms with Gasteiger partial charge in [0.05, 0.1) is 24.4 Å². The summed E-state index contributed by atoms with van der Waals surface area (Å²) in [6.07, 6.45) is 1.77. The second kappa shape index (κ2) is 8.91. The minimum absolute atomic E-state index is 0.114. The third kappa shape index (κ3) is 4.47. The zero-order chi connectivity index (χ0) is 19.3. The SMILES string of the molecule is CCC(C)OC(=O)c1sc2ncn(CC(=O)OCCOC)c(=O)c2c1C. The van der Waals surface area contributed by atoms with E-state index in [-0.39, 0.29) is 25.9 Å². The van der Waals surface area contributed by atoms with Gasteiger partial charge in [0.1, 0.15) is 22.9 Å². The number of rotatable bonds is 8. The van der Waals surface area contributed by atoms with Gasteiger partial charge in [-0.3, -0.25) is 14.2 Å². The second-order valence-corrected chi connectivity index (χ2v) is 6.75. The molecule has 0 amide bonds. The molecule has 26 heavy (non-hydrogen) atoms. The molecule has 2 rings (SSSR count). The molecular formula is C17H22N2O6S. The summed E-state index contributed by atoms with van der Waals surface area (Å²) >= 11 is 1.11. The number of methoxy groups -OCH3 is 1. The smallest absolute Gasteiger partial charge is 0.348 e. The van der Waals surface area contributed by atoms with Crippen molar-refractivity contribution in [2.24, 2.45) is 0 Å². The number of aryl methyl sites for hydroxylation is 1. The maximum absolute atomic E-state index is 12.7. The molecule has 2 aromatic heterocycles. The standard InChI is InChI=1S/C17H22N2O6S/c1-5-10(2)25-17(22)14-11(3)13-15(26-14)18-9-19(16(13)21)8-12(20)24-7-6-23-4/h9-10H,5-8H2,1-4H3. The van der Waals surface area contributed by atoms with Crippen molar-refractivity contribution in [1.82, 2.24) is 9.55 Å². The van der Waals surface area contributed by atoms with Gasteiger partial charge in [-0.25, -0.2) is 9.78 Å². The lowest BCUT2D eigenvalue weighted by Crippen LogP contribution is -2.26. The molecule has 0 bridgehead atoms. The number of hydrogen-bond donors (Lipinski definition) is 0. The van der Waals surface area contributed by atoms with E-state index in [1.54, 1.807) is 13.8 Å². The van der Waals surface area contributed by atoms with Gasteiger partial charge in [0.25, 0.3) is 5.56 Å². The Labute approximate surface area is 154 Å². The number of thiophene rings is 1. The summed E-state index contributed by atoms with van der Waals surface area (Å²) < 4.78 is 16.3. The van der Waals surface area contributed by atoms with Crippen LogP contribution < -0.4 is 5.56 Å². The van der Waals surface area contributed by atoms with E-state index in [2.05, 4.69) is 4.98 Å². The number of ether oxygens (including phenoxy) is 3. The Bertz CT molecular complexity index is 857. The Morgan fingerprint density at radius 2 is 2.08 bits per heavy atom. The van der Waals surface area contributed by atoms with E-state index >= 15 is 0 Å². The molecule has 0 spiro atoms. The van der Waals surface area contributed by atoms with Gasteiger partial charge in [-0.15, -0.1) is 11.3 Å². The van der Waals surface area contributed by atoms with Gasteiger partial charge in [-0.1, -0.05) is 6.92 Å². The predicted octanol–water partition coefficient (Wildman–Crippen LogP) is 1.91. The highest BCUT2D eigenvalue weighted by Crippen LogP contribution is 2.27. The lowest BCUT2D eigenvalue weighted by Gasteiger charge is -2.09. The maximum atomic E-state index is 12.7.